The van der Waals surface area contributed by atoms with Gasteiger partial charge in [0.15, 0.2) is 5.82 Å². The summed E-state index contributed by atoms with van der Waals surface area (Å²) >= 11 is 1.82. The summed E-state index contributed by atoms with van der Waals surface area (Å²) < 4.78 is 2.45. The number of thiophene rings is 1. The highest BCUT2D eigenvalue weighted by Crippen LogP contribution is 2.45. The van der Waals surface area contributed by atoms with Gasteiger partial charge in [-0.25, -0.2) is 4.98 Å². The Morgan fingerprint density at radius 3 is 1.81 bits per heavy atom. The van der Waals surface area contributed by atoms with Crippen LogP contribution in [0.3, 0.4) is 0 Å². The summed E-state index contributed by atoms with van der Waals surface area (Å²) in [6.45, 7) is 0. The lowest BCUT2D eigenvalue weighted by Gasteiger charge is -2.25. The largest absolute Gasteiger partial charge is 0.294 e. The standard InChI is InChI=1S/C39H26N2S/c1-3-10-27(11-4-1)29-18-20-33(21-19-29)41(34-17-9-16-30(24-34)28-12-5-2-6-13-28)39-38-35(22-23-40-39)36-25-31-14-7-8-15-32(31)26-37(36)42-38/h1-26H. The van der Waals surface area contributed by atoms with Crippen LogP contribution < -0.4 is 4.90 Å². The minimum absolute atomic E-state index is 0.940. The van der Waals surface area contributed by atoms with Crippen molar-refractivity contribution >= 4 is 59.5 Å². The Labute approximate surface area is 248 Å². The van der Waals surface area contributed by atoms with E-state index < -0.39 is 0 Å². The molecule has 2 aromatic heterocycles. The highest BCUT2D eigenvalue weighted by molar-refractivity contribution is 7.26. The van der Waals surface area contributed by atoms with E-state index in [1.165, 1.54) is 53.2 Å². The maximum atomic E-state index is 5.04. The van der Waals surface area contributed by atoms with Gasteiger partial charge in [-0.1, -0.05) is 109 Å². The second kappa shape index (κ2) is 10.3. The van der Waals surface area contributed by atoms with E-state index in [0.717, 1.165) is 17.2 Å². The van der Waals surface area contributed by atoms with E-state index in [1.807, 2.05) is 17.5 Å². The lowest BCUT2D eigenvalue weighted by Crippen LogP contribution is -2.11. The van der Waals surface area contributed by atoms with Crippen LogP contribution in [0, 0.1) is 0 Å². The first-order valence-electron chi connectivity index (χ1n) is 14.1. The summed E-state index contributed by atoms with van der Waals surface area (Å²) in [6, 6.07) is 54.1. The van der Waals surface area contributed by atoms with E-state index in [2.05, 4.69) is 157 Å². The van der Waals surface area contributed by atoms with Crippen molar-refractivity contribution < 1.29 is 0 Å². The van der Waals surface area contributed by atoms with Crippen LogP contribution in [0.5, 0.6) is 0 Å². The van der Waals surface area contributed by atoms with E-state index in [-0.39, 0.29) is 0 Å². The molecule has 0 bridgehead atoms. The highest BCUT2D eigenvalue weighted by atomic mass is 32.1. The molecule has 198 valence electrons. The number of anilines is 3. The highest BCUT2D eigenvalue weighted by Gasteiger charge is 2.20. The van der Waals surface area contributed by atoms with Gasteiger partial charge in [0.2, 0.25) is 0 Å². The predicted octanol–water partition coefficient (Wildman–Crippen LogP) is 11.4. The molecule has 6 aromatic carbocycles. The molecule has 0 aliphatic rings. The number of pyridine rings is 1. The summed E-state index contributed by atoms with van der Waals surface area (Å²) in [4.78, 5) is 7.35. The Morgan fingerprint density at radius 2 is 1.07 bits per heavy atom. The van der Waals surface area contributed by atoms with E-state index in [9.17, 15) is 0 Å². The summed E-state index contributed by atoms with van der Waals surface area (Å²) in [7, 11) is 0. The molecule has 3 heteroatoms. The molecule has 42 heavy (non-hydrogen) atoms. The van der Waals surface area contributed by atoms with Gasteiger partial charge in [-0.2, -0.15) is 0 Å². The van der Waals surface area contributed by atoms with E-state index in [1.54, 1.807) is 0 Å². The van der Waals surface area contributed by atoms with Crippen molar-refractivity contribution in [2.45, 2.75) is 0 Å². The maximum absolute atomic E-state index is 5.04. The fourth-order valence-electron chi connectivity index (χ4n) is 5.82. The molecule has 0 fully saturated rings. The Balaban J connectivity index is 1.34. The van der Waals surface area contributed by atoms with Gasteiger partial charge < -0.3 is 0 Å². The molecule has 2 nitrogen and oxygen atoms in total. The minimum atomic E-state index is 0.940. The van der Waals surface area contributed by atoms with E-state index in [0.29, 0.717) is 0 Å². The van der Waals surface area contributed by atoms with Crippen molar-refractivity contribution in [3.05, 3.63) is 158 Å². The smallest absolute Gasteiger partial charge is 0.155 e. The molecule has 2 heterocycles. The van der Waals surface area contributed by atoms with Gasteiger partial charge in [-0.05, 0) is 75.5 Å². The third-order valence-corrected chi connectivity index (χ3v) is 9.06. The number of nitrogens with zero attached hydrogens (tertiary/aromatic N) is 2. The summed E-state index contributed by atoms with van der Waals surface area (Å²) in [5.74, 6) is 0.940. The van der Waals surface area contributed by atoms with Crippen molar-refractivity contribution in [1.29, 1.82) is 0 Å². The lowest BCUT2D eigenvalue weighted by molar-refractivity contribution is 1.20. The second-order valence-corrected chi connectivity index (χ2v) is 11.5. The van der Waals surface area contributed by atoms with Crippen LogP contribution in [0.1, 0.15) is 0 Å². The zero-order valence-electron chi connectivity index (χ0n) is 22.8. The molecule has 0 saturated carbocycles. The van der Waals surface area contributed by atoms with Crippen molar-refractivity contribution in [3.63, 3.8) is 0 Å². The summed E-state index contributed by atoms with van der Waals surface area (Å²) in [5, 5.41) is 5.02. The first-order chi connectivity index (χ1) is 20.8. The SMILES string of the molecule is c1ccc(-c2ccc(N(c3cccc(-c4ccccc4)c3)c3nccc4c3sc3cc5ccccc5cc34)cc2)cc1. The van der Waals surface area contributed by atoms with Gasteiger partial charge in [0.1, 0.15) is 0 Å². The molecule has 8 rings (SSSR count). The van der Waals surface area contributed by atoms with Gasteiger partial charge in [0, 0.05) is 33.0 Å². The zero-order valence-corrected chi connectivity index (χ0v) is 23.6. The van der Waals surface area contributed by atoms with Gasteiger partial charge in [0.05, 0.1) is 4.70 Å². The number of hydrogen-bond acceptors (Lipinski definition) is 3. The first-order valence-corrected chi connectivity index (χ1v) is 14.9. The maximum Gasteiger partial charge on any atom is 0.155 e. The van der Waals surface area contributed by atoms with Crippen LogP contribution in [-0.2, 0) is 0 Å². The lowest BCUT2D eigenvalue weighted by atomic mass is 10.0. The topological polar surface area (TPSA) is 16.1 Å². The van der Waals surface area contributed by atoms with Crippen molar-refractivity contribution in [2.75, 3.05) is 4.90 Å². The van der Waals surface area contributed by atoms with Crippen molar-refractivity contribution in [2.24, 2.45) is 0 Å². The monoisotopic (exact) mass is 554 g/mol. The fourth-order valence-corrected chi connectivity index (χ4v) is 7.02. The molecule has 0 N–H and O–H groups in total. The van der Waals surface area contributed by atoms with Crippen LogP contribution in [0.15, 0.2) is 158 Å². The zero-order chi connectivity index (χ0) is 27.9. The number of fused-ring (bicyclic) bond motifs is 4. The van der Waals surface area contributed by atoms with Crippen LogP contribution in [0.25, 0.3) is 53.2 Å². The van der Waals surface area contributed by atoms with Gasteiger partial charge in [0.25, 0.3) is 0 Å². The van der Waals surface area contributed by atoms with Gasteiger partial charge in [-0.3, -0.25) is 4.90 Å². The number of hydrogen-bond donors (Lipinski definition) is 0. The van der Waals surface area contributed by atoms with Crippen molar-refractivity contribution in [3.8, 4) is 22.3 Å². The van der Waals surface area contributed by atoms with Gasteiger partial charge >= 0.3 is 0 Å². The van der Waals surface area contributed by atoms with E-state index in [4.69, 9.17) is 4.98 Å². The third-order valence-electron chi connectivity index (χ3n) is 7.89. The molecule has 0 spiro atoms. The minimum Gasteiger partial charge on any atom is -0.294 e. The summed E-state index contributed by atoms with van der Waals surface area (Å²) in [6.07, 6.45) is 1.95. The molecular formula is C39H26N2S. The Morgan fingerprint density at radius 1 is 0.452 bits per heavy atom. The summed E-state index contributed by atoms with van der Waals surface area (Å²) in [5.41, 5.74) is 6.91. The molecule has 0 atom stereocenters. The third kappa shape index (κ3) is 4.32. The quantitative estimate of drug-likeness (QED) is 0.210. The Bertz CT molecular complexity index is 2180. The normalized spacial score (nSPS) is 11.3. The molecule has 8 aromatic rings. The molecule has 0 aliphatic carbocycles. The van der Waals surface area contributed by atoms with Crippen LogP contribution in [0.2, 0.25) is 0 Å². The van der Waals surface area contributed by atoms with Gasteiger partial charge in [-0.15, -0.1) is 11.3 Å². The Kier molecular flexibility index (Phi) is 6.02. The number of aromatic nitrogens is 1. The fraction of sp³-hybridized carbons (Fsp3) is 0. The predicted molar refractivity (Wildman–Crippen MR) is 180 cm³/mol. The van der Waals surface area contributed by atoms with E-state index >= 15 is 0 Å². The molecule has 0 radical (unpaired) electrons. The molecule has 0 aliphatic heterocycles. The molecular weight excluding hydrogens is 529 g/mol. The second-order valence-electron chi connectivity index (χ2n) is 10.5. The average Bonchev–Trinajstić information content (AvgIpc) is 3.43. The number of rotatable bonds is 5. The molecule has 0 unspecified atom stereocenters. The van der Waals surface area contributed by atoms with Crippen molar-refractivity contribution in [1.82, 2.24) is 4.98 Å². The van der Waals surface area contributed by atoms with Crippen LogP contribution in [-0.4, -0.2) is 4.98 Å². The van der Waals surface area contributed by atoms with Crippen LogP contribution >= 0.6 is 11.3 Å². The number of benzene rings is 6. The average molecular weight is 555 g/mol. The van der Waals surface area contributed by atoms with Crippen LogP contribution in [0.4, 0.5) is 17.2 Å². The first kappa shape index (κ1) is 24.5. The molecule has 0 saturated heterocycles. The molecule has 0 amide bonds. The Hall–Kier alpha value is -5.25.